The van der Waals surface area contributed by atoms with Crippen LogP contribution in [-0.4, -0.2) is 16.5 Å². The van der Waals surface area contributed by atoms with Crippen LogP contribution in [0, 0.1) is 4.64 Å². The molecule has 0 aliphatic rings. The lowest BCUT2D eigenvalue weighted by molar-refractivity contribution is 0.684. The van der Waals surface area contributed by atoms with E-state index in [0.717, 1.165) is 12.4 Å². The molecule has 0 spiro atoms. The van der Waals surface area contributed by atoms with Crippen LogP contribution >= 0.6 is 12.2 Å². The smallest absolute Gasteiger partial charge is 0.131 e. The number of rotatable bonds is 6. The molecule has 0 aliphatic carbocycles. The molecule has 0 saturated heterocycles. The van der Waals surface area contributed by atoms with Crippen LogP contribution in [0.4, 0.5) is 5.82 Å². The third kappa shape index (κ3) is 4.37. The Morgan fingerprint density at radius 1 is 1.43 bits per heavy atom. The van der Waals surface area contributed by atoms with Crippen molar-refractivity contribution < 1.29 is 0 Å². The molecule has 0 aromatic carbocycles. The second kappa shape index (κ2) is 6.54. The Balaban J connectivity index is 2.21. The van der Waals surface area contributed by atoms with E-state index in [2.05, 4.69) is 22.2 Å². The summed E-state index contributed by atoms with van der Waals surface area (Å²) in [5.41, 5.74) is 0. The van der Waals surface area contributed by atoms with Gasteiger partial charge in [0.1, 0.15) is 10.5 Å². The topological polar surface area (TPSA) is 40.7 Å². The van der Waals surface area contributed by atoms with Crippen molar-refractivity contribution in [2.24, 2.45) is 0 Å². The van der Waals surface area contributed by atoms with Crippen LogP contribution in [0.15, 0.2) is 12.4 Å². The van der Waals surface area contributed by atoms with Crippen LogP contribution in [0.25, 0.3) is 0 Å². The van der Waals surface area contributed by atoms with Crippen molar-refractivity contribution in [2.45, 2.75) is 32.6 Å². The first-order valence-electron chi connectivity index (χ1n) is 5.11. The summed E-state index contributed by atoms with van der Waals surface area (Å²) in [5.74, 6) is 0.960. The van der Waals surface area contributed by atoms with E-state index in [9.17, 15) is 0 Å². The molecule has 0 fully saturated rings. The summed E-state index contributed by atoms with van der Waals surface area (Å²) in [6.07, 6.45) is 6.70. The van der Waals surface area contributed by atoms with E-state index in [-0.39, 0.29) is 0 Å². The minimum absolute atomic E-state index is 0.625. The number of aromatic nitrogens is 2. The molecule has 0 bridgehead atoms. The quantitative estimate of drug-likeness (QED) is 0.561. The number of hydrogen-bond donors (Lipinski definition) is 2. The fraction of sp³-hybridized carbons (Fsp3) is 0.600. The standard InChI is InChI=1S/C10H17N3S/c1-2-3-4-5-6-11-9-7-10(14)13-8-12-9/h7-8H,2-6H2,1H3,(H2,11,12,13,14). The van der Waals surface area contributed by atoms with Gasteiger partial charge in [-0.05, 0) is 6.42 Å². The molecule has 0 radical (unpaired) electrons. The number of anilines is 1. The molecule has 0 atom stereocenters. The molecule has 78 valence electrons. The van der Waals surface area contributed by atoms with Gasteiger partial charge in [0.25, 0.3) is 0 Å². The van der Waals surface area contributed by atoms with E-state index in [1.807, 2.05) is 6.07 Å². The van der Waals surface area contributed by atoms with Crippen LogP contribution in [0.2, 0.25) is 0 Å². The van der Waals surface area contributed by atoms with Gasteiger partial charge in [-0.2, -0.15) is 0 Å². The van der Waals surface area contributed by atoms with E-state index >= 15 is 0 Å². The van der Waals surface area contributed by atoms with Crippen LogP contribution in [0.5, 0.6) is 0 Å². The predicted molar refractivity (Wildman–Crippen MR) is 62.1 cm³/mol. The molecule has 0 aliphatic heterocycles. The summed E-state index contributed by atoms with van der Waals surface area (Å²) in [4.78, 5) is 6.93. The molecule has 2 N–H and O–H groups in total. The zero-order valence-corrected chi connectivity index (χ0v) is 9.36. The van der Waals surface area contributed by atoms with Gasteiger partial charge in [-0.15, -0.1) is 0 Å². The Morgan fingerprint density at radius 2 is 2.29 bits per heavy atom. The highest BCUT2D eigenvalue weighted by atomic mass is 32.1. The number of nitrogens with zero attached hydrogens (tertiary/aromatic N) is 1. The van der Waals surface area contributed by atoms with Crippen LogP contribution in [0.3, 0.4) is 0 Å². The first-order valence-corrected chi connectivity index (χ1v) is 5.52. The van der Waals surface area contributed by atoms with Crippen molar-refractivity contribution in [3.63, 3.8) is 0 Å². The van der Waals surface area contributed by atoms with Gasteiger partial charge in [-0.1, -0.05) is 38.4 Å². The van der Waals surface area contributed by atoms with Gasteiger partial charge in [0.05, 0.1) is 6.33 Å². The molecule has 14 heavy (non-hydrogen) atoms. The lowest BCUT2D eigenvalue weighted by atomic mass is 10.2. The van der Waals surface area contributed by atoms with Crippen molar-refractivity contribution in [2.75, 3.05) is 11.9 Å². The summed E-state index contributed by atoms with van der Waals surface area (Å²) in [7, 11) is 0. The van der Waals surface area contributed by atoms with Gasteiger partial charge >= 0.3 is 0 Å². The van der Waals surface area contributed by atoms with Crippen LogP contribution in [0.1, 0.15) is 32.6 Å². The van der Waals surface area contributed by atoms with Gasteiger partial charge in [0.15, 0.2) is 0 Å². The second-order valence-electron chi connectivity index (χ2n) is 3.29. The van der Waals surface area contributed by atoms with Crippen molar-refractivity contribution >= 4 is 18.0 Å². The summed E-state index contributed by atoms with van der Waals surface area (Å²) in [5, 5.41) is 3.28. The van der Waals surface area contributed by atoms with Gasteiger partial charge in [0.2, 0.25) is 0 Å². The molecule has 0 saturated carbocycles. The van der Waals surface area contributed by atoms with Crippen molar-refractivity contribution in [3.8, 4) is 0 Å². The average molecular weight is 211 g/mol. The highest BCUT2D eigenvalue weighted by Crippen LogP contribution is 2.02. The summed E-state index contributed by atoms with van der Waals surface area (Å²) in [6.45, 7) is 3.21. The number of H-pyrrole nitrogens is 1. The van der Waals surface area contributed by atoms with Crippen molar-refractivity contribution in [3.05, 3.63) is 17.0 Å². The molecule has 0 unspecified atom stereocenters. The number of aromatic amines is 1. The Morgan fingerprint density at radius 3 is 3.00 bits per heavy atom. The maximum atomic E-state index is 4.95. The number of unbranched alkanes of at least 4 members (excludes halogenated alkanes) is 3. The van der Waals surface area contributed by atoms with Gasteiger partial charge in [-0.3, -0.25) is 0 Å². The Bertz CT molecular complexity index is 308. The second-order valence-corrected chi connectivity index (χ2v) is 3.70. The minimum Gasteiger partial charge on any atom is -0.372 e. The molecule has 1 aromatic rings. The van der Waals surface area contributed by atoms with E-state index in [0.29, 0.717) is 4.64 Å². The van der Waals surface area contributed by atoms with Crippen LogP contribution in [-0.2, 0) is 0 Å². The zero-order valence-electron chi connectivity index (χ0n) is 8.55. The third-order valence-corrected chi connectivity index (χ3v) is 2.25. The third-order valence-electron chi connectivity index (χ3n) is 2.03. The van der Waals surface area contributed by atoms with Crippen LogP contribution < -0.4 is 5.32 Å². The Labute approximate surface area is 90.0 Å². The van der Waals surface area contributed by atoms with Crippen molar-refractivity contribution in [1.29, 1.82) is 0 Å². The summed E-state index contributed by atoms with van der Waals surface area (Å²) >= 11 is 4.95. The highest BCUT2D eigenvalue weighted by Gasteiger charge is 1.91. The average Bonchev–Trinajstić information content (AvgIpc) is 2.18. The summed E-state index contributed by atoms with van der Waals surface area (Å²) in [6, 6.07) is 1.84. The molecular formula is C10H17N3S. The fourth-order valence-corrected chi connectivity index (χ4v) is 1.42. The summed E-state index contributed by atoms with van der Waals surface area (Å²) < 4.78 is 0.625. The highest BCUT2D eigenvalue weighted by molar-refractivity contribution is 7.71. The van der Waals surface area contributed by atoms with Gasteiger partial charge < -0.3 is 10.3 Å². The molecule has 3 nitrogen and oxygen atoms in total. The SMILES string of the molecule is CCCCCCNc1cc(=S)nc[nH]1. The monoisotopic (exact) mass is 211 g/mol. The molecule has 1 heterocycles. The normalized spacial score (nSPS) is 10.1. The van der Waals surface area contributed by atoms with E-state index < -0.39 is 0 Å². The number of hydrogen-bond acceptors (Lipinski definition) is 3. The molecule has 1 rings (SSSR count). The molecule has 1 aromatic heterocycles. The Hall–Kier alpha value is -0.900. The first kappa shape index (κ1) is 11.2. The molecule has 0 amide bonds. The lowest BCUT2D eigenvalue weighted by Gasteiger charge is -2.04. The Kier molecular flexibility index (Phi) is 5.22. The van der Waals surface area contributed by atoms with Gasteiger partial charge in [-0.25, -0.2) is 4.98 Å². The van der Waals surface area contributed by atoms with Gasteiger partial charge in [0, 0.05) is 12.6 Å². The van der Waals surface area contributed by atoms with E-state index in [1.165, 1.54) is 25.7 Å². The first-order chi connectivity index (χ1) is 6.83. The maximum absolute atomic E-state index is 4.95. The lowest BCUT2D eigenvalue weighted by Crippen LogP contribution is -2.03. The largest absolute Gasteiger partial charge is 0.372 e. The fourth-order valence-electron chi connectivity index (χ4n) is 1.24. The predicted octanol–water partition coefficient (Wildman–Crippen LogP) is 3.13. The van der Waals surface area contributed by atoms with Crippen molar-refractivity contribution in [1.82, 2.24) is 9.97 Å². The number of nitrogens with one attached hydrogen (secondary N) is 2. The minimum atomic E-state index is 0.625. The molecular weight excluding hydrogens is 194 g/mol. The van der Waals surface area contributed by atoms with E-state index in [4.69, 9.17) is 12.2 Å². The zero-order chi connectivity index (χ0) is 10.2. The maximum Gasteiger partial charge on any atom is 0.131 e. The molecule has 4 heteroatoms. The van der Waals surface area contributed by atoms with E-state index in [1.54, 1.807) is 6.33 Å².